The first-order valence-corrected chi connectivity index (χ1v) is 1.57. The normalized spacial score (nSPS) is 6.83. The van der Waals surface area contributed by atoms with Crippen LogP contribution in [0.4, 0.5) is 0 Å². The molecule has 0 amide bonds. The molecule has 0 bridgehead atoms. The van der Waals surface area contributed by atoms with Crippen LogP contribution in [0.15, 0.2) is 0 Å². The first kappa shape index (κ1) is 5.54. The van der Waals surface area contributed by atoms with E-state index in [0.29, 0.717) is 0 Å². The standard InChI is InChI=1S/C3H5BO2/c1-2-3-4(5)6/h1,5-6H,3H2. The van der Waals surface area contributed by atoms with Crippen LogP contribution in [-0.2, 0) is 0 Å². The first-order valence-electron chi connectivity index (χ1n) is 1.57. The predicted octanol–water partition coefficient (Wildman–Crippen LogP) is -0.908. The molecule has 0 aliphatic heterocycles. The van der Waals surface area contributed by atoms with Crippen LogP contribution in [0.2, 0.25) is 6.32 Å². The quantitative estimate of drug-likeness (QED) is 0.319. The van der Waals surface area contributed by atoms with Crippen LogP contribution in [0.25, 0.3) is 0 Å². The van der Waals surface area contributed by atoms with Crippen LogP contribution in [-0.4, -0.2) is 17.2 Å². The summed E-state index contributed by atoms with van der Waals surface area (Å²) < 4.78 is 0. The van der Waals surface area contributed by atoms with Gasteiger partial charge < -0.3 is 10.0 Å². The van der Waals surface area contributed by atoms with E-state index in [-0.39, 0.29) is 6.32 Å². The highest BCUT2D eigenvalue weighted by Gasteiger charge is 1.99. The van der Waals surface area contributed by atoms with E-state index in [4.69, 9.17) is 10.0 Å². The third-order valence-corrected chi connectivity index (χ3v) is 0.300. The maximum atomic E-state index is 7.97. The maximum absolute atomic E-state index is 7.97. The molecule has 2 nitrogen and oxygen atoms in total. The molecule has 0 aromatic heterocycles. The second-order valence-corrected chi connectivity index (χ2v) is 0.889. The zero-order chi connectivity index (χ0) is 4.99. The average molecular weight is 83.9 g/mol. The van der Waals surface area contributed by atoms with Crippen molar-refractivity contribution in [3.8, 4) is 12.3 Å². The summed E-state index contributed by atoms with van der Waals surface area (Å²) in [7, 11) is -1.34. The Labute approximate surface area is 36.9 Å². The summed E-state index contributed by atoms with van der Waals surface area (Å²) in [5, 5.41) is 15.9. The molecule has 6 heavy (non-hydrogen) atoms. The van der Waals surface area contributed by atoms with Gasteiger partial charge >= 0.3 is 7.12 Å². The topological polar surface area (TPSA) is 40.5 Å². The van der Waals surface area contributed by atoms with Gasteiger partial charge in [-0.3, -0.25) is 0 Å². The van der Waals surface area contributed by atoms with E-state index in [1.54, 1.807) is 0 Å². The van der Waals surface area contributed by atoms with Crippen LogP contribution >= 0.6 is 0 Å². The predicted molar refractivity (Wildman–Crippen MR) is 23.8 cm³/mol. The summed E-state index contributed by atoms with van der Waals surface area (Å²) in [6.45, 7) is 0. The number of hydrogen-bond donors (Lipinski definition) is 2. The molecule has 0 saturated carbocycles. The van der Waals surface area contributed by atoms with Crippen molar-refractivity contribution in [1.29, 1.82) is 0 Å². The average Bonchev–Trinajstić information content (AvgIpc) is 1.35. The number of hydrogen-bond acceptors (Lipinski definition) is 2. The van der Waals surface area contributed by atoms with Crippen LogP contribution in [0.3, 0.4) is 0 Å². The molecular formula is C3H5BO2. The van der Waals surface area contributed by atoms with Crippen molar-refractivity contribution in [3.63, 3.8) is 0 Å². The lowest BCUT2D eigenvalue weighted by Gasteiger charge is -1.81. The Balaban J connectivity index is 2.88. The molecule has 0 aromatic carbocycles. The lowest BCUT2D eigenvalue weighted by Crippen LogP contribution is -2.07. The molecule has 0 heterocycles. The van der Waals surface area contributed by atoms with Gasteiger partial charge in [0, 0.05) is 6.32 Å². The summed E-state index contributed by atoms with van der Waals surface area (Å²) in [5.41, 5.74) is 0. The zero-order valence-electron chi connectivity index (χ0n) is 3.26. The summed E-state index contributed by atoms with van der Waals surface area (Å²) in [6, 6.07) is 0. The van der Waals surface area contributed by atoms with E-state index >= 15 is 0 Å². The monoisotopic (exact) mass is 84.0 g/mol. The summed E-state index contributed by atoms with van der Waals surface area (Å²) in [6.07, 6.45) is 4.67. The van der Waals surface area contributed by atoms with Crippen LogP contribution in [0.5, 0.6) is 0 Å². The highest BCUT2D eigenvalue weighted by atomic mass is 16.4. The molecule has 0 fully saturated rings. The van der Waals surface area contributed by atoms with E-state index in [9.17, 15) is 0 Å². The van der Waals surface area contributed by atoms with Gasteiger partial charge in [0.2, 0.25) is 0 Å². The van der Waals surface area contributed by atoms with E-state index in [2.05, 4.69) is 12.3 Å². The Morgan fingerprint density at radius 2 is 2.17 bits per heavy atom. The van der Waals surface area contributed by atoms with Gasteiger partial charge in [0.25, 0.3) is 0 Å². The highest BCUT2D eigenvalue weighted by molar-refractivity contribution is 6.42. The smallest absolute Gasteiger partial charge is 0.426 e. The minimum atomic E-state index is -1.34. The fourth-order valence-corrected chi connectivity index (χ4v) is 0.105. The van der Waals surface area contributed by atoms with Gasteiger partial charge in [-0.25, -0.2) is 0 Å². The molecule has 0 aliphatic carbocycles. The fraction of sp³-hybridized carbons (Fsp3) is 0.333. The van der Waals surface area contributed by atoms with Gasteiger partial charge in [-0.1, -0.05) is 0 Å². The Hall–Kier alpha value is -0.455. The van der Waals surface area contributed by atoms with Gasteiger partial charge in [-0.05, 0) is 0 Å². The Morgan fingerprint density at radius 1 is 1.67 bits per heavy atom. The van der Waals surface area contributed by atoms with Crippen molar-refractivity contribution in [2.24, 2.45) is 0 Å². The summed E-state index contributed by atoms with van der Waals surface area (Å²) in [5.74, 6) is 2.07. The molecule has 0 atom stereocenters. The van der Waals surface area contributed by atoms with Crippen molar-refractivity contribution in [3.05, 3.63) is 0 Å². The lowest BCUT2D eigenvalue weighted by atomic mass is 9.87. The number of rotatable bonds is 1. The van der Waals surface area contributed by atoms with Crippen molar-refractivity contribution < 1.29 is 10.0 Å². The first-order chi connectivity index (χ1) is 2.77. The van der Waals surface area contributed by atoms with Crippen LogP contribution in [0, 0.1) is 12.3 Å². The van der Waals surface area contributed by atoms with E-state index in [0.717, 1.165) is 0 Å². The van der Waals surface area contributed by atoms with Crippen LogP contribution in [0.1, 0.15) is 0 Å². The van der Waals surface area contributed by atoms with Gasteiger partial charge in [-0.2, -0.15) is 0 Å². The molecular weight excluding hydrogens is 78.8 g/mol. The van der Waals surface area contributed by atoms with Crippen molar-refractivity contribution in [1.82, 2.24) is 0 Å². The minimum absolute atomic E-state index is 0.0139. The maximum Gasteiger partial charge on any atom is 0.464 e. The lowest BCUT2D eigenvalue weighted by molar-refractivity contribution is 0.412. The van der Waals surface area contributed by atoms with Crippen molar-refractivity contribution in [2.45, 2.75) is 6.32 Å². The zero-order valence-corrected chi connectivity index (χ0v) is 3.26. The molecule has 0 radical (unpaired) electrons. The minimum Gasteiger partial charge on any atom is -0.426 e. The van der Waals surface area contributed by atoms with Crippen LogP contribution < -0.4 is 0 Å². The fourth-order valence-electron chi connectivity index (χ4n) is 0.105. The second-order valence-electron chi connectivity index (χ2n) is 0.889. The molecule has 0 aliphatic rings. The van der Waals surface area contributed by atoms with Gasteiger partial charge in [0.1, 0.15) is 0 Å². The van der Waals surface area contributed by atoms with E-state index in [1.165, 1.54) is 0 Å². The van der Waals surface area contributed by atoms with Gasteiger partial charge in [0.05, 0.1) is 0 Å². The largest absolute Gasteiger partial charge is 0.464 e. The highest BCUT2D eigenvalue weighted by Crippen LogP contribution is 1.74. The summed E-state index contributed by atoms with van der Waals surface area (Å²) in [4.78, 5) is 0. The molecule has 0 unspecified atom stereocenters. The Kier molecular flexibility index (Phi) is 2.56. The van der Waals surface area contributed by atoms with E-state index < -0.39 is 7.12 Å². The molecule has 0 aromatic rings. The van der Waals surface area contributed by atoms with Gasteiger partial charge in [-0.15, -0.1) is 12.3 Å². The third kappa shape index (κ3) is 3.54. The SMILES string of the molecule is C#CCB(O)O. The third-order valence-electron chi connectivity index (χ3n) is 0.300. The van der Waals surface area contributed by atoms with Crippen molar-refractivity contribution in [2.75, 3.05) is 0 Å². The molecule has 2 N–H and O–H groups in total. The molecule has 3 heteroatoms. The molecule has 32 valence electrons. The van der Waals surface area contributed by atoms with Crippen molar-refractivity contribution >= 4 is 7.12 Å². The van der Waals surface area contributed by atoms with Gasteiger partial charge in [0.15, 0.2) is 0 Å². The molecule has 0 saturated heterocycles. The molecule has 0 spiro atoms. The Morgan fingerprint density at radius 3 is 2.17 bits per heavy atom. The number of terminal acetylenes is 1. The Bertz CT molecular complexity index is 63.7. The second kappa shape index (κ2) is 2.76. The summed E-state index contributed by atoms with van der Waals surface area (Å²) >= 11 is 0. The van der Waals surface area contributed by atoms with E-state index in [1.807, 2.05) is 0 Å². The molecule has 0 rings (SSSR count).